The molecule has 3 N–H and O–H groups in total. The number of urea groups is 1. The summed E-state index contributed by atoms with van der Waals surface area (Å²) in [5.74, 6) is 0.164. The molecule has 1 aliphatic carbocycles. The molecule has 6 nitrogen and oxygen atoms in total. The number of rotatable bonds is 4. The van der Waals surface area contributed by atoms with E-state index < -0.39 is 0 Å². The van der Waals surface area contributed by atoms with E-state index in [1.54, 1.807) is 16.2 Å². The maximum absolute atomic E-state index is 12.5. The number of thiazole rings is 1. The lowest BCUT2D eigenvalue weighted by molar-refractivity contribution is -0.123. The number of nitrogens with two attached hydrogens (primary N) is 1. The van der Waals surface area contributed by atoms with Crippen molar-refractivity contribution in [2.75, 3.05) is 13.1 Å². The first-order valence-electron chi connectivity index (χ1n) is 7.81. The SMILES string of the molecule is Cc1cnc([C@@H](NC(=O)N2CCC(C(N)=O)CC2)C2CC2)s1. The molecule has 1 aromatic rings. The van der Waals surface area contributed by atoms with Gasteiger partial charge in [-0.1, -0.05) is 0 Å². The predicted molar refractivity (Wildman–Crippen MR) is 84.3 cm³/mol. The number of aryl methyl sites for hydroxylation is 1. The molecule has 0 radical (unpaired) electrons. The van der Waals surface area contributed by atoms with Gasteiger partial charge in [0.25, 0.3) is 0 Å². The van der Waals surface area contributed by atoms with E-state index in [9.17, 15) is 9.59 Å². The number of carbonyl (C=O) groups excluding carboxylic acids is 2. The minimum absolute atomic E-state index is 0.0278. The zero-order chi connectivity index (χ0) is 15.7. The summed E-state index contributed by atoms with van der Waals surface area (Å²) in [5.41, 5.74) is 5.33. The molecular weight excluding hydrogens is 300 g/mol. The van der Waals surface area contributed by atoms with Gasteiger partial charge in [-0.05, 0) is 38.5 Å². The molecule has 2 fully saturated rings. The fraction of sp³-hybridized carbons (Fsp3) is 0.667. The van der Waals surface area contributed by atoms with E-state index in [1.165, 1.54) is 0 Å². The predicted octanol–water partition coefficient (Wildman–Crippen LogP) is 1.81. The van der Waals surface area contributed by atoms with Crippen molar-refractivity contribution in [1.29, 1.82) is 0 Å². The summed E-state index contributed by atoms with van der Waals surface area (Å²) < 4.78 is 0. The van der Waals surface area contributed by atoms with Gasteiger partial charge in [-0.3, -0.25) is 4.79 Å². The molecule has 22 heavy (non-hydrogen) atoms. The molecule has 1 saturated carbocycles. The van der Waals surface area contributed by atoms with Crippen LogP contribution in [0.3, 0.4) is 0 Å². The Hall–Kier alpha value is -1.63. The molecule has 7 heteroatoms. The minimum Gasteiger partial charge on any atom is -0.369 e. The van der Waals surface area contributed by atoms with Crippen LogP contribution >= 0.6 is 11.3 Å². The van der Waals surface area contributed by atoms with Gasteiger partial charge in [0.05, 0.1) is 6.04 Å². The van der Waals surface area contributed by atoms with Crippen LogP contribution in [-0.4, -0.2) is 34.9 Å². The van der Waals surface area contributed by atoms with Crippen molar-refractivity contribution in [3.8, 4) is 0 Å². The first-order valence-corrected chi connectivity index (χ1v) is 8.63. The lowest BCUT2D eigenvalue weighted by atomic mass is 9.96. The molecule has 0 unspecified atom stereocenters. The summed E-state index contributed by atoms with van der Waals surface area (Å²) in [5, 5.41) is 4.14. The number of aromatic nitrogens is 1. The van der Waals surface area contributed by atoms with Gasteiger partial charge in [-0.2, -0.15) is 0 Å². The number of likely N-dealkylation sites (tertiary alicyclic amines) is 1. The molecular formula is C15H22N4O2S. The topological polar surface area (TPSA) is 88.3 Å². The summed E-state index contributed by atoms with van der Waals surface area (Å²) >= 11 is 1.65. The second-order valence-corrected chi connectivity index (χ2v) is 7.50. The van der Waals surface area contributed by atoms with Crippen LogP contribution in [0.25, 0.3) is 0 Å². The van der Waals surface area contributed by atoms with Gasteiger partial charge in [0.1, 0.15) is 5.01 Å². The summed E-state index contributed by atoms with van der Waals surface area (Å²) in [4.78, 5) is 31.0. The second-order valence-electron chi connectivity index (χ2n) is 6.24. The number of nitrogens with one attached hydrogen (secondary N) is 1. The summed E-state index contributed by atoms with van der Waals surface area (Å²) in [6, 6.07) is -0.0206. The smallest absolute Gasteiger partial charge is 0.317 e. The highest BCUT2D eigenvalue weighted by molar-refractivity contribution is 7.11. The largest absolute Gasteiger partial charge is 0.369 e. The van der Waals surface area contributed by atoms with Gasteiger partial charge >= 0.3 is 6.03 Å². The number of piperidine rings is 1. The number of hydrogen-bond donors (Lipinski definition) is 2. The lowest BCUT2D eigenvalue weighted by Gasteiger charge is -2.31. The van der Waals surface area contributed by atoms with Crippen LogP contribution in [0.2, 0.25) is 0 Å². The van der Waals surface area contributed by atoms with Gasteiger partial charge in [-0.15, -0.1) is 11.3 Å². The molecule has 1 aliphatic heterocycles. The van der Waals surface area contributed by atoms with Gasteiger partial charge in [-0.25, -0.2) is 9.78 Å². The normalized spacial score (nSPS) is 20.7. The van der Waals surface area contributed by atoms with E-state index in [1.807, 2.05) is 13.1 Å². The van der Waals surface area contributed by atoms with Crippen LogP contribution in [0.1, 0.15) is 41.6 Å². The van der Waals surface area contributed by atoms with E-state index in [0.717, 1.165) is 22.7 Å². The van der Waals surface area contributed by atoms with E-state index in [0.29, 0.717) is 31.8 Å². The second kappa shape index (κ2) is 6.24. The van der Waals surface area contributed by atoms with E-state index >= 15 is 0 Å². The molecule has 3 rings (SSSR count). The Morgan fingerprint density at radius 1 is 1.36 bits per heavy atom. The Kier molecular flexibility index (Phi) is 4.33. The van der Waals surface area contributed by atoms with Crippen molar-refractivity contribution in [2.24, 2.45) is 17.6 Å². The van der Waals surface area contributed by atoms with Gasteiger partial charge in [0.2, 0.25) is 5.91 Å². The number of hydrogen-bond acceptors (Lipinski definition) is 4. The molecule has 120 valence electrons. The third-order valence-corrected chi connectivity index (χ3v) is 5.46. The zero-order valence-electron chi connectivity index (χ0n) is 12.7. The molecule has 2 aliphatic rings. The van der Waals surface area contributed by atoms with Gasteiger partial charge in [0, 0.05) is 30.1 Å². The molecule has 3 amide bonds. The first kappa shape index (κ1) is 15.3. The van der Waals surface area contributed by atoms with Crippen LogP contribution in [0, 0.1) is 18.8 Å². The van der Waals surface area contributed by atoms with Crippen molar-refractivity contribution in [3.63, 3.8) is 0 Å². The Labute approximate surface area is 134 Å². The fourth-order valence-corrected chi connectivity index (χ4v) is 3.84. The van der Waals surface area contributed by atoms with Crippen molar-refractivity contribution < 1.29 is 9.59 Å². The summed E-state index contributed by atoms with van der Waals surface area (Å²) in [6.45, 7) is 3.21. The first-order chi connectivity index (χ1) is 10.5. The lowest BCUT2D eigenvalue weighted by Crippen LogP contribution is -2.47. The number of nitrogens with zero attached hydrogens (tertiary/aromatic N) is 2. The van der Waals surface area contributed by atoms with Crippen LogP contribution in [0.4, 0.5) is 4.79 Å². The van der Waals surface area contributed by atoms with E-state index in [4.69, 9.17) is 5.73 Å². The highest BCUT2D eigenvalue weighted by Gasteiger charge is 2.36. The highest BCUT2D eigenvalue weighted by Crippen LogP contribution is 2.42. The van der Waals surface area contributed by atoms with Crippen molar-refractivity contribution in [2.45, 2.75) is 38.6 Å². The van der Waals surface area contributed by atoms with E-state index in [2.05, 4.69) is 10.3 Å². The van der Waals surface area contributed by atoms with Crippen LogP contribution < -0.4 is 11.1 Å². The molecule has 2 heterocycles. The van der Waals surface area contributed by atoms with Crippen molar-refractivity contribution >= 4 is 23.3 Å². The Morgan fingerprint density at radius 3 is 2.55 bits per heavy atom. The Bertz CT molecular complexity index is 562. The van der Waals surface area contributed by atoms with Crippen LogP contribution in [0.5, 0.6) is 0 Å². The van der Waals surface area contributed by atoms with Crippen LogP contribution in [-0.2, 0) is 4.79 Å². The standard InChI is InChI=1S/C15H22N4O2S/c1-9-8-17-14(22-9)12(10-2-3-10)18-15(21)19-6-4-11(5-7-19)13(16)20/h8,10-12H,2-7H2,1H3,(H2,16,20)(H,18,21)/t12-/m0/s1. The maximum Gasteiger partial charge on any atom is 0.317 e. The summed E-state index contributed by atoms with van der Waals surface area (Å²) in [6.07, 6.45) is 5.47. The molecule has 1 aromatic heterocycles. The molecule has 1 saturated heterocycles. The minimum atomic E-state index is -0.255. The Morgan fingerprint density at radius 2 is 2.05 bits per heavy atom. The monoisotopic (exact) mass is 322 g/mol. The van der Waals surface area contributed by atoms with Gasteiger partial charge in [0.15, 0.2) is 0 Å². The average molecular weight is 322 g/mol. The third kappa shape index (κ3) is 3.40. The molecule has 0 spiro atoms. The number of carbonyl (C=O) groups is 2. The zero-order valence-corrected chi connectivity index (χ0v) is 13.6. The highest BCUT2D eigenvalue weighted by atomic mass is 32.1. The van der Waals surface area contributed by atoms with Crippen LogP contribution in [0.15, 0.2) is 6.20 Å². The third-order valence-electron chi connectivity index (χ3n) is 4.46. The molecule has 1 atom stereocenters. The quantitative estimate of drug-likeness (QED) is 0.886. The summed E-state index contributed by atoms with van der Waals surface area (Å²) in [7, 11) is 0. The van der Waals surface area contributed by atoms with Crippen molar-refractivity contribution in [1.82, 2.24) is 15.2 Å². The average Bonchev–Trinajstić information content (AvgIpc) is 3.26. The fourth-order valence-electron chi connectivity index (χ4n) is 2.92. The molecule has 0 bridgehead atoms. The number of primary amides is 1. The van der Waals surface area contributed by atoms with E-state index in [-0.39, 0.29) is 23.9 Å². The molecule has 0 aromatic carbocycles. The van der Waals surface area contributed by atoms with Gasteiger partial charge < -0.3 is 16.0 Å². The van der Waals surface area contributed by atoms with Crippen molar-refractivity contribution in [3.05, 3.63) is 16.1 Å². The maximum atomic E-state index is 12.5. The Balaban J connectivity index is 1.59. The number of amides is 3.